The third-order valence-electron chi connectivity index (χ3n) is 6.29. The topological polar surface area (TPSA) is 146 Å². The lowest BCUT2D eigenvalue weighted by molar-refractivity contribution is -0.143. The maximum absolute atomic E-state index is 11.4. The molecule has 4 rings (SSSR count). The van der Waals surface area contributed by atoms with Gasteiger partial charge in [0, 0.05) is 39.4 Å². The van der Waals surface area contributed by atoms with Crippen LogP contribution < -0.4 is 14.8 Å². The van der Waals surface area contributed by atoms with Gasteiger partial charge in [0.1, 0.15) is 0 Å². The number of carboxylic acids is 1. The molecule has 3 heterocycles. The van der Waals surface area contributed by atoms with Gasteiger partial charge in [-0.3, -0.25) is 9.48 Å². The van der Waals surface area contributed by atoms with Gasteiger partial charge in [-0.1, -0.05) is 0 Å². The van der Waals surface area contributed by atoms with E-state index in [1.54, 1.807) is 36.4 Å². The first-order valence-electron chi connectivity index (χ1n) is 12.4. The third kappa shape index (κ3) is 6.91. The summed E-state index contributed by atoms with van der Waals surface area (Å²) in [5.74, 6) is 0.889. The van der Waals surface area contributed by atoms with E-state index in [1.807, 2.05) is 14.0 Å². The highest BCUT2D eigenvalue weighted by Gasteiger charge is 2.28. The zero-order chi connectivity index (χ0) is 26.2. The summed E-state index contributed by atoms with van der Waals surface area (Å²) in [5, 5.41) is 16.9. The van der Waals surface area contributed by atoms with E-state index in [1.165, 1.54) is 0 Å². The maximum atomic E-state index is 11.4. The highest BCUT2D eigenvalue weighted by atomic mass is 16.5. The molecule has 1 fully saturated rings. The average Bonchev–Trinajstić information content (AvgIpc) is 3.27. The van der Waals surface area contributed by atoms with Crippen LogP contribution in [0.15, 0.2) is 24.7 Å². The van der Waals surface area contributed by atoms with E-state index in [2.05, 4.69) is 30.4 Å². The zero-order valence-electron chi connectivity index (χ0n) is 21.4. The third-order valence-corrected chi connectivity index (χ3v) is 6.29. The van der Waals surface area contributed by atoms with Gasteiger partial charge in [0.25, 0.3) is 0 Å². The molecule has 0 unspecified atom stereocenters. The summed E-state index contributed by atoms with van der Waals surface area (Å²) in [6, 6.07) is 1.71. The van der Waals surface area contributed by atoms with Crippen LogP contribution in [0.4, 0.5) is 5.95 Å². The summed E-state index contributed by atoms with van der Waals surface area (Å²) in [6.07, 6.45) is 8.48. The van der Waals surface area contributed by atoms with Crippen LogP contribution >= 0.6 is 0 Å². The molecule has 1 saturated carbocycles. The van der Waals surface area contributed by atoms with Gasteiger partial charge in [-0.25, -0.2) is 15.0 Å². The van der Waals surface area contributed by atoms with Crippen LogP contribution in [-0.2, 0) is 23.1 Å². The van der Waals surface area contributed by atoms with E-state index in [-0.39, 0.29) is 12.0 Å². The Hall–Kier alpha value is -3.80. The van der Waals surface area contributed by atoms with Crippen molar-refractivity contribution >= 4 is 11.9 Å². The number of carboxylic acid groups (broad SMARTS) is 1. The molecule has 2 N–H and O–H groups in total. The van der Waals surface area contributed by atoms with Gasteiger partial charge in [0.15, 0.2) is 11.6 Å². The second-order valence-corrected chi connectivity index (χ2v) is 8.98. The average molecular weight is 512 g/mol. The number of carbonyl (C=O) groups is 1. The van der Waals surface area contributed by atoms with Gasteiger partial charge in [-0.2, -0.15) is 10.1 Å². The first-order valence-corrected chi connectivity index (χ1v) is 12.4. The van der Waals surface area contributed by atoms with Crippen LogP contribution in [0.3, 0.4) is 0 Å². The second-order valence-electron chi connectivity index (χ2n) is 8.98. The number of aryl methyl sites for hydroxylation is 2. The number of anilines is 1. The molecule has 1 aliphatic carbocycles. The number of hydrogen-bond acceptors (Lipinski definition) is 10. The summed E-state index contributed by atoms with van der Waals surface area (Å²) < 4.78 is 18.5. The molecule has 0 saturated heterocycles. The summed E-state index contributed by atoms with van der Waals surface area (Å²) in [7, 11) is 3.51. The Bertz CT molecular complexity index is 1200. The number of nitrogens with zero attached hydrogens (tertiary/aromatic N) is 6. The molecule has 198 valence electrons. The first kappa shape index (κ1) is 26.3. The fourth-order valence-electron chi connectivity index (χ4n) is 4.27. The molecule has 3 aromatic rings. The van der Waals surface area contributed by atoms with Crippen molar-refractivity contribution in [3.8, 4) is 23.0 Å². The number of aliphatic carboxylic acids is 1. The molecule has 37 heavy (non-hydrogen) atoms. The number of nitrogens with one attached hydrogen (secondary N) is 1. The van der Waals surface area contributed by atoms with Crippen molar-refractivity contribution in [2.75, 3.05) is 25.6 Å². The molecular weight excluding hydrogens is 478 g/mol. The molecule has 12 nitrogen and oxygen atoms in total. The predicted octanol–water partition coefficient (Wildman–Crippen LogP) is 3.03. The lowest BCUT2D eigenvalue weighted by atomic mass is 9.87. The van der Waals surface area contributed by atoms with Crippen LogP contribution in [0.25, 0.3) is 11.4 Å². The number of ether oxygens (including phenoxy) is 3. The van der Waals surface area contributed by atoms with Crippen molar-refractivity contribution in [3.05, 3.63) is 36.0 Å². The lowest BCUT2D eigenvalue weighted by Crippen LogP contribution is -2.29. The minimum Gasteiger partial charge on any atom is -0.487 e. The summed E-state index contributed by atoms with van der Waals surface area (Å²) in [5.41, 5.74) is 2.33. The molecule has 0 bridgehead atoms. The van der Waals surface area contributed by atoms with Crippen LogP contribution in [0.2, 0.25) is 0 Å². The van der Waals surface area contributed by atoms with E-state index in [0.29, 0.717) is 61.7 Å². The summed E-state index contributed by atoms with van der Waals surface area (Å²) in [6.45, 7) is 3.39. The van der Waals surface area contributed by atoms with Crippen LogP contribution in [0.5, 0.6) is 11.6 Å². The lowest BCUT2D eigenvalue weighted by Gasteiger charge is -2.27. The minimum atomic E-state index is -0.763. The van der Waals surface area contributed by atoms with Gasteiger partial charge < -0.3 is 24.6 Å². The molecular formula is C25H33N7O5. The summed E-state index contributed by atoms with van der Waals surface area (Å²) >= 11 is 0. The van der Waals surface area contributed by atoms with E-state index in [4.69, 9.17) is 14.2 Å². The molecule has 0 amide bonds. The van der Waals surface area contributed by atoms with Crippen molar-refractivity contribution in [1.82, 2.24) is 29.7 Å². The van der Waals surface area contributed by atoms with Crippen molar-refractivity contribution in [3.63, 3.8) is 0 Å². The van der Waals surface area contributed by atoms with Gasteiger partial charge >= 0.3 is 5.97 Å². The Morgan fingerprint density at radius 3 is 2.86 bits per heavy atom. The molecule has 0 aliphatic heterocycles. The molecule has 3 aromatic heterocycles. The molecule has 12 heteroatoms. The van der Waals surface area contributed by atoms with E-state index >= 15 is 0 Å². The summed E-state index contributed by atoms with van der Waals surface area (Å²) in [4.78, 5) is 29.2. The molecule has 0 spiro atoms. The zero-order valence-corrected chi connectivity index (χ0v) is 21.4. The molecule has 1 aliphatic rings. The van der Waals surface area contributed by atoms with E-state index in [9.17, 15) is 9.90 Å². The van der Waals surface area contributed by atoms with Gasteiger partial charge in [0.2, 0.25) is 11.8 Å². The Labute approximate surface area is 215 Å². The Morgan fingerprint density at radius 1 is 1.22 bits per heavy atom. The van der Waals surface area contributed by atoms with Crippen molar-refractivity contribution < 1.29 is 24.1 Å². The largest absolute Gasteiger partial charge is 0.487 e. The highest BCUT2D eigenvalue weighted by Crippen LogP contribution is 2.30. The fraction of sp³-hybridized carbons (Fsp3) is 0.520. The monoisotopic (exact) mass is 511 g/mol. The minimum absolute atomic E-state index is 0.152. The van der Waals surface area contributed by atoms with Gasteiger partial charge in [-0.15, -0.1) is 0 Å². The van der Waals surface area contributed by atoms with Crippen molar-refractivity contribution in [2.45, 2.75) is 51.7 Å². The van der Waals surface area contributed by atoms with Gasteiger partial charge in [0.05, 0.1) is 54.5 Å². The van der Waals surface area contributed by atoms with Crippen LogP contribution in [-0.4, -0.2) is 67.2 Å². The molecule has 0 aromatic carbocycles. The Balaban J connectivity index is 1.41. The Morgan fingerprint density at radius 2 is 2.08 bits per heavy atom. The smallest absolute Gasteiger partial charge is 0.306 e. The second kappa shape index (κ2) is 12.4. The predicted molar refractivity (Wildman–Crippen MR) is 134 cm³/mol. The highest BCUT2D eigenvalue weighted by molar-refractivity contribution is 5.70. The first-order chi connectivity index (χ1) is 17.9. The number of aromatic nitrogens is 6. The van der Waals surface area contributed by atoms with Crippen LogP contribution in [0, 0.1) is 12.8 Å². The SMILES string of the molecule is COCCCOc1ccnc(NCc2c(-c3ncc(O[C@H]4CCC[C@H](C(=O)O)C4)c(C)n3)cnn2C)n1. The quantitative estimate of drug-likeness (QED) is 0.346. The van der Waals surface area contributed by atoms with Gasteiger partial charge in [-0.05, 0) is 32.6 Å². The van der Waals surface area contributed by atoms with Crippen molar-refractivity contribution in [1.29, 1.82) is 0 Å². The Kier molecular flexibility index (Phi) is 8.83. The fourth-order valence-corrected chi connectivity index (χ4v) is 4.27. The maximum Gasteiger partial charge on any atom is 0.306 e. The number of rotatable bonds is 12. The van der Waals surface area contributed by atoms with E-state index in [0.717, 1.165) is 30.5 Å². The standard InChI is InChI=1S/C25H33N7O5/c1-16-21(37-18-7-4-6-17(12-18)24(33)34)15-27-23(30-16)19-13-29-32(2)20(19)14-28-25-26-9-8-22(31-25)36-11-5-10-35-3/h8-9,13,15,17-18H,4-7,10-12,14H2,1-3H3,(H,33,34)(H,26,28,31)/t17-,18-/m0/s1. The number of hydrogen-bond donors (Lipinski definition) is 2. The van der Waals surface area contributed by atoms with E-state index < -0.39 is 5.97 Å². The molecule has 2 atom stereocenters. The van der Waals surface area contributed by atoms with Crippen LogP contribution in [0.1, 0.15) is 43.5 Å². The number of methoxy groups -OCH3 is 1. The normalized spacial score (nSPS) is 17.4. The van der Waals surface area contributed by atoms with Crippen molar-refractivity contribution in [2.24, 2.45) is 13.0 Å². The molecule has 0 radical (unpaired) electrons.